The zero-order chi connectivity index (χ0) is 21.1. The van der Waals surface area contributed by atoms with Gasteiger partial charge in [-0.05, 0) is 29.8 Å². The van der Waals surface area contributed by atoms with Crippen LogP contribution < -0.4 is 20.5 Å². The summed E-state index contributed by atoms with van der Waals surface area (Å²) < 4.78 is 11.7. The maximum atomic E-state index is 12.7. The highest BCUT2D eigenvalue weighted by molar-refractivity contribution is 5.95. The van der Waals surface area contributed by atoms with Crippen LogP contribution in [0.15, 0.2) is 47.4 Å². The molecule has 2 N–H and O–H groups in total. The molecule has 1 fully saturated rings. The molecule has 2 aromatic heterocycles. The average Bonchev–Trinajstić information content (AvgIpc) is 2.80. The standard InChI is InChI=1S/C21H22N4O5/c1-29-16-5-2-14(3-6-16)12-22-20(27)18-19(26)21(28)25-13-15(4-7-17(25)23-18)24-8-10-30-11-9-24/h2-7,13,26H,8-12H2,1H3,(H,22,27). The van der Waals surface area contributed by atoms with Crippen LogP contribution >= 0.6 is 0 Å². The zero-order valence-corrected chi connectivity index (χ0v) is 16.5. The summed E-state index contributed by atoms with van der Waals surface area (Å²) in [7, 11) is 1.58. The van der Waals surface area contributed by atoms with Gasteiger partial charge in [-0.15, -0.1) is 0 Å². The molecule has 1 aliphatic heterocycles. The van der Waals surface area contributed by atoms with Crippen molar-refractivity contribution >= 4 is 17.2 Å². The first kappa shape index (κ1) is 19.7. The van der Waals surface area contributed by atoms with Gasteiger partial charge < -0.3 is 24.8 Å². The van der Waals surface area contributed by atoms with Crippen LogP contribution in [0.1, 0.15) is 16.1 Å². The minimum Gasteiger partial charge on any atom is -0.501 e. The maximum absolute atomic E-state index is 12.7. The predicted octanol–water partition coefficient (Wildman–Crippen LogP) is 1.18. The summed E-state index contributed by atoms with van der Waals surface area (Å²) in [5.74, 6) is -0.595. The van der Waals surface area contributed by atoms with Crippen molar-refractivity contribution in [1.29, 1.82) is 0 Å². The molecule has 9 heteroatoms. The third kappa shape index (κ3) is 3.92. The van der Waals surface area contributed by atoms with Crippen molar-refractivity contribution in [2.45, 2.75) is 6.54 Å². The lowest BCUT2D eigenvalue weighted by atomic mass is 10.2. The van der Waals surface area contributed by atoms with Gasteiger partial charge >= 0.3 is 5.56 Å². The minimum atomic E-state index is -0.690. The minimum absolute atomic E-state index is 0.222. The van der Waals surface area contributed by atoms with E-state index < -0.39 is 17.2 Å². The summed E-state index contributed by atoms with van der Waals surface area (Å²) in [6, 6.07) is 10.7. The smallest absolute Gasteiger partial charge is 0.300 e. The highest BCUT2D eigenvalue weighted by Gasteiger charge is 2.19. The van der Waals surface area contributed by atoms with Gasteiger partial charge in [0.2, 0.25) is 5.75 Å². The number of nitrogens with one attached hydrogen (secondary N) is 1. The van der Waals surface area contributed by atoms with Gasteiger partial charge in [-0.2, -0.15) is 0 Å². The van der Waals surface area contributed by atoms with Crippen LogP contribution in [0.5, 0.6) is 11.5 Å². The van der Waals surface area contributed by atoms with Gasteiger partial charge in [0.05, 0.1) is 26.0 Å². The monoisotopic (exact) mass is 410 g/mol. The molecule has 0 bridgehead atoms. The Kier molecular flexibility index (Phi) is 5.53. The average molecular weight is 410 g/mol. The number of amides is 1. The number of benzene rings is 1. The molecule has 0 atom stereocenters. The van der Waals surface area contributed by atoms with Gasteiger partial charge in [-0.1, -0.05) is 12.1 Å². The molecule has 1 aromatic carbocycles. The van der Waals surface area contributed by atoms with E-state index in [-0.39, 0.29) is 17.9 Å². The summed E-state index contributed by atoms with van der Waals surface area (Å²) in [6.45, 7) is 2.88. The van der Waals surface area contributed by atoms with E-state index in [0.29, 0.717) is 32.1 Å². The van der Waals surface area contributed by atoms with Gasteiger partial charge in [0.1, 0.15) is 11.4 Å². The van der Waals surface area contributed by atoms with Crippen molar-refractivity contribution in [3.8, 4) is 11.5 Å². The molecule has 4 rings (SSSR count). The Morgan fingerprint density at radius 2 is 1.93 bits per heavy atom. The number of rotatable bonds is 5. The van der Waals surface area contributed by atoms with Crippen LogP contribution in [0.4, 0.5) is 5.69 Å². The first-order valence-corrected chi connectivity index (χ1v) is 9.56. The fraction of sp³-hybridized carbons (Fsp3) is 0.286. The molecular formula is C21H22N4O5. The van der Waals surface area contributed by atoms with Gasteiger partial charge in [-0.25, -0.2) is 4.98 Å². The fourth-order valence-electron chi connectivity index (χ4n) is 3.29. The van der Waals surface area contributed by atoms with E-state index in [1.165, 1.54) is 4.40 Å². The van der Waals surface area contributed by atoms with Crippen molar-refractivity contribution in [1.82, 2.24) is 14.7 Å². The Hall–Kier alpha value is -3.59. The topological polar surface area (TPSA) is 105 Å². The third-order valence-electron chi connectivity index (χ3n) is 4.99. The Bertz CT molecular complexity index is 1120. The highest BCUT2D eigenvalue weighted by atomic mass is 16.5. The van der Waals surface area contributed by atoms with Crippen LogP contribution in [-0.4, -0.2) is 53.8 Å². The predicted molar refractivity (Wildman–Crippen MR) is 110 cm³/mol. The lowest BCUT2D eigenvalue weighted by molar-refractivity contribution is 0.0942. The zero-order valence-electron chi connectivity index (χ0n) is 16.5. The Labute approximate surface area is 172 Å². The van der Waals surface area contributed by atoms with Crippen LogP contribution in [0.3, 0.4) is 0 Å². The van der Waals surface area contributed by atoms with Crippen LogP contribution in [0.25, 0.3) is 5.65 Å². The highest BCUT2D eigenvalue weighted by Crippen LogP contribution is 2.18. The number of carbonyl (C=O) groups is 1. The van der Waals surface area contributed by atoms with Gasteiger partial charge in [-0.3, -0.25) is 14.0 Å². The number of anilines is 1. The van der Waals surface area contributed by atoms with E-state index in [2.05, 4.69) is 15.2 Å². The van der Waals surface area contributed by atoms with Crippen LogP contribution in [0.2, 0.25) is 0 Å². The van der Waals surface area contributed by atoms with Crippen molar-refractivity contribution in [3.05, 3.63) is 64.2 Å². The molecule has 0 radical (unpaired) electrons. The number of methoxy groups -OCH3 is 1. The second-order valence-electron chi connectivity index (χ2n) is 6.86. The summed E-state index contributed by atoms with van der Waals surface area (Å²) in [6.07, 6.45) is 1.62. The molecule has 1 amide bonds. The van der Waals surface area contributed by atoms with Crippen molar-refractivity contribution < 1.29 is 19.4 Å². The summed E-state index contributed by atoms with van der Waals surface area (Å²) in [5.41, 5.74) is 0.962. The molecule has 3 aromatic rings. The molecule has 0 aliphatic carbocycles. The molecule has 0 unspecified atom stereocenters. The first-order chi connectivity index (χ1) is 14.6. The second-order valence-corrected chi connectivity index (χ2v) is 6.86. The number of hydrogen-bond donors (Lipinski definition) is 2. The van der Waals surface area contributed by atoms with E-state index >= 15 is 0 Å². The molecular weight excluding hydrogens is 388 g/mol. The van der Waals surface area contributed by atoms with Gasteiger partial charge in [0.15, 0.2) is 5.69 Å². The number of fused-ring (bicyclic) bond motifs is 1. The number of hydrogen-bond acceptors (Lipinski definition) is 7. The van der Waals surface area contributed by atoms with Crippen LogP contribution in [-0.2, 0) is 11.3 Å². The molecule has 0 spiro atoms. The van der Waals surface area contributed by atoms with E-state index in [9.17, 15) is 14.7 Å². The molecule has 1 saturated heterocycles. The molecule has 1 aliphatic rings. The summed E-state index contributed by atoms with van der Waals surface area (Å²) in [4.78, 5) is 31.5. The Balaban J connectivity index is 1.56. The fourth-order valence-corrected chi connectivity index (χ4v) is 3.29. The number of aromatic nitrogens is 2. The van der Waals surface area contributed by atoms with Crippen molar-refractivity contribution in [2.75, 3.05) is 38.3 Å². The number of pyridine rings is 1. The quantitative estimate of drug-likeness (QED) is 0.651. The summed E-state index contributed by atoms with van der Waals surface area (Å²) >= 11 is 0. The number of carbonyl (C=O) groups excluding carboxylic acids is 1. The van der Waals surface area contributed by atoms with E-state index in [1.54, 1.807) is 31.5 Å². The lowest BCUT2D eigenvalue weighted by Gasteiger charge is -2.28. The largest absolute Gasteiger partial charge is 0.501 e. The third-order valence-corrected chi connectivity index (χ3v) is 4.99. The number of nitrogens with zero attached hydrogens (tertiary/aromatic N) is 3. The lowest BCUT2D eigenvalue weighted by Crippen LogP contribution is -2.36. The van der Waals surface area contributed by atoms with Gasteiger partial charge in [0.25, 0.3) is 5.91 Å². The van der Waals surface area contributed by atoms with Crippen molar-refractivity contribution in [3.63, 3.8) is 0 Å². The van der Waals surface area contributed by atoms with Gasteiger partial charge in [0, 0.05) is 25.8 Å². The first-order valence-electron chi connectivity index (χ1n) is 9.56. The van der Waals surface area contributed by atoms with Crippen molar-refractivity contribution in [2.24, 2.45) is 0 Å². The Morgan fingerprint density at radius 1 is 1.20 bits per heavy atom. The number of morpholine rings is 1. The van der Waals surface area contributed by atoms with E-state index in [4.69, 9.17) is 9.47 Å². The van der Waals surface area contributed by atoms with Crippen LogP contribution in [0, 0.1) is 0 Å². The number of aromatic hydroxyl groups is 1. The van der Waals surface area contributed by atoms with E-state index in [1.807, 2.05) is 18.2 Å². The molecule has 30 heavy (non-hydrogen) atoms. The summed E-state index contributed by atoms with van der Waals surface area (Å²) in [5, 5.41) is 13.0. The normalized spacial score (nSPS) is 14.0. The Morgan fingerprint density at radius 3 is 2.63 bits per heavy atom. The molecule has 0 saturated carbocycles. The SMILES string of the molecule is COc1ccc(CNC(=O)c2nc3ccc(N4CCOCC4)cn3c(=O)c2O)cc1. The maximum Gasteiger partial charge on any atom is 0.300 e. The second kappa shape index (κ2) is 8.42. The molecule has 3 heterocycles. The molecule has 156 valence electrons. The molecule has 9 nitrogen and oxygen atoms in total. The van der Waals surface area contributed by atoms with E-state index in [0.717, 1.165) is 11.3 Å². The number of ether oxygens (including phenoxy) is 2.